The lowest BCUT2D eigenvalue weighted by atomic mass is 10.3. The third-order valence-corrected chi connectivity index (χ3v) is 3.85. The fraction of sp³-hybridized carbons (Fsp3) is 0.211. The van der Waals surface area contributed by atoms with Crippen molar-refractivity contribution in [2.24, 2.45) is 0 Å². The van der Waals surface area contributed by atoms with Gasteiger partial charge in [-0.25, -0.2) is 14.2 Å². The summed E-state index contributed by atoms with van der Waals surface area (Å²) in [6.07, 6.45) is 2.55. The van der Waals surface area contributed by atoms with E-state index in [1.807, 2.05) is 24.6 Å². The van der Waals surface area contributed by atoms with Crippen LogP contribution in [-0.2, 0) is 6.42 Å². The highest BCUT2D eigenvalue weighted by Gasteiger charge is 2.15. The van der Waals surface area contributed by atoms with Gasteiger partial charge in [0.15, 0.2) is 5.82 Å². The molecule has 0 saturated carbocycles. The average molecular weight is 369 g/mol. The molecule has 0 aliphatic rings. The van der Waals surface area contributed by atoms with E-state index in [1.54, 1.807) is 12.1 Å². The van der Waals surface area contributed by atoms with Gasteiger partial charge in [-0.1, -0.05) is 6.92 Å². The quantitative estimate of drug-likeness (QED) is 0.714. The third-order valence-electron chi connectivity index (χ3n) is 3.85. The first-order valence-corrected chi connectivity index (χ1v) is 8.44. The summed E-state index contributed by atoms with van der Waals surface area (Å²) in [5.41, 5.74) is 1.81. The predicted octanol–water partition coefficient (Wildman–Crippen LogP) is 3.93. The highest BCUT2D eigenvalue weighted by Crippen LogP contribution is 2.24. The summed E-state index contributed by atoms with van der Waals surface area (Å²) in [7, 11) is 1.53. The van der Waals surface area contributed by atoms with Gasteiger partial charge >= 0.3 is 6.03 Å². The number of aromatic nitrogens is 3. The van der Waals surface area contributed by atoms with Gasteiger partial charge in [0.2, 0.25) is 5.88 Å². The number of imidazole rings is 1. The number of anilines is 2. The van der Waals surface area contributed by atoms with Crippen molar-refractivity contribution in [2.45, 2.75) is 20.3 Å². The molecular weight excluding hydrogens is 349 g/mol. The number of carbonyl (C=O) groups excluding carboxylic acids is 1. The molecule has 2 aromatic heterocycles. The Bertz CT molecular complexity index is 953. The fourth-order valence-electron chi connectivity index (χ4n) is 2.62. The van der Waals surface area contributed by atoms with Crippen molar-refractivity contribution in [3.63, 3.8) is 0 Å². The van der Waals surface area contributed by atoms with Gasteiger partial charge in [0.25, 0.3) is 0 Å². The zero-order chi connectivity index (χ0) is 19.4. The lowest BCUT2D eigenvalue weighted by Gasteiger charge is -2.14. The average Bonchev–Trinajstić information content (AvgIpc) is 3.04. The monoisotopic (exact) mass is 369 g/mol. The number of methoxy groups -OCH3 is 1. The van der Waals surface area contributed by atoms with Gasteiger partial charge in [0.05, 0.1) is 18.5 Å². The zero-order valence-corrected chi connectivity index (χ0v) is 15.3. The fourth-order valence-corrected chi connectivity index (χ4v) is 2.62. The Labute approximate surface area is 156 Å². The maximum Gasteiger partial charge on any atom is 0.323 e. The Morgan fingerprint density at radius 2 is 1.89 bits per heavy atom. The summed E-state index contributed by atoms with van der Waals surface area (Å²) in [5, 5.41) is 5.43. The normalized spacial score (nSPS) is 10.5. The number of aryl methyl sites for hydroxylation is 2. The van der Waals surface area contributed by atoms with E-state index >= 15 is 0 Å². The lowest BCUT2D eigenvalue weighted by molar-refractivity contribution is 0.262. The molecule has 0 fully saturated rings. The Hall–Kier alpha value is -3.42. The maximum absolute atomic E-state index is 13.0. The molecule has 0 atom stereocenters. The van der Waals surface area contributed by atoms with Gasteiger partial charge in [-0.3, -0.25) is 4.57 Å². The van der Waals surface area contributed by atoms with Crippen LogP contribution in [-0.4, -0.2) is 27.7 Å². The SMILES string of the molecule is CCc1nc(C)cn1-c1nc(OC)ccc1NC(=O)Nc1ccc(F)cc1. The van der Waals surface area contributed by atoms with Crippen LogP contribution in [0.25, 0.3) is 5.82 Å². The smallest absolute Gasteiger partial charge is 0.323 e. The molecule has 0 spiro atoms. The highest BCUT2D eigenvalue weighted by molar-refractivity contribution is 6.00. The number of halogens is 1. The van der Waals surface area contributed by atoms with Crippen LogP contribution < -0.4 is 15.4 Å². The number of nitrogens with one attached hydrogen (secondary N) is 2. The summed E-state index contributed by atoms with van der Waals surface area (Å²) in [6, 6.07) is 8.42. The van der Waals surface area contributed by atoms with E-state index in [0.29, 0.717) is 29.5 Å². The van der Waals surface area contributed by atoms with E-state index in [-0.39, 0.29) is 5.82 Å². The van der Waals surface area contributed by atoms with Crippen LogP contribution in [0.1, 0.15) is 18.4 Å². The van der Waals surface area contributed by atoms with Crippen LogP contribution in [0.5, 0.6) is 5.88 Å². The van der Waals surface area contributed by atoms with E-state index < -0.39 is 6.03 Å². The van der Waals surface area contributed by atoms with Gasteiger partial charge in [0, 0.05) is 24.4 Å². The number of rotatable bonds is 5. The van der Waals surface area contributed by atoms with Gasteiger partial charge in [-0.2, -0.15) is 4.98 Å². The minimum atomic E-state index is -0.468. The molecule has 0 saturated heterocycles. The molecule has 3 rings (SSSR count). The molecule has 2 N–H and O–H groups in total. The Kier molecular flexibility index (Phi) is 5.35. The molecule has 7 nitrogen and oxygen atoms in total. The number of benzene rings is 1. The molecule has 0 aliphatic heterocycles. The maximum atomic E-state index is 13.0. The van der Waals surface area contributed by atoms with E-state index in [9.17, 15) is 9.18 Å². The second-order valence-electron chi connectivity index (χ2n) is 5.83. The molecule has 1 aromatic carbocycles. The molecule has 0 bridgehead atoms. The molecule has 2 heterocycles. The van der Waals surface area contributed by atoms with Crippen LogP contribution in [0.15, 0.2) is 42.6 Å². The third kappa shape index (κ3) is 4.22. The molecule has 0 unspecified atom stereocenters. The molecule has 0 aliphatic carbocycles. The number of nitrogens with zero attached hydrogens (tertiary/aromatic N) is 3. The molecular formula is C19H20FN5O2. The first kappa shape index (κ1) is 18.4. The van der Waals surface area contributed by atoms with Crippen molar-refractivity contribution < 1.29 is 13.9 Å². The van der Waals surface area contributed by atoms with Crippen LogP contribution >= 0.6 is 0 Å². The number of urea groups is 1. The molecule has 3 aromatic rings. The van der Waals surface area contributed by atoms with Gasteiger partial charge < -0.3 is 15.4 Å². The summed E-state index contributed by atoms with van der Waals surface area (Å²) >= 11 is 0. The van der Waals surface area contributed by atoms with Crippen LogP contribution in [0.2, 0.25) is 0 Å². The highest BCUT2D eigenvalue weighted by atomic mass is 19.1. The molecule has 8 heteroatoms. The Morgan fingerprint density at radius 1 is 1.15 bits per heavy atom. The summed E-state index contributed by atoms with van der Waals surface area (Å²) in [6.45, 7) is 3.89. The van der Waals surface area contributed by atoms with Crippen LogP contribution in [0, 0.1) is 12.7 Å². The number of ether oxygens (including phenoxy) is 1. The first-order valence-electron chi connectivity index (χ1n) is 8.44. The van der Waals surface area contributed by atoms with Crippen LogP contribution in [0.3, 0.4) is 0 Å². The Morgan fingerprint density at radius 3 is 2.56 bits per heavy atom. The second kappa shape index (κ2) is 7.86. The lowest BCUT2D eigenvalue weighted by Crippen LogP contribution is -2.21. The van der Waals surface area contributed by atoms with Gasteiger partial charge in [-0.15, -0.1) is 0 Å². The molecule has 2 amide bonds. The number of amides is 2. The van der Waals surface area contributed by atoms with E-state index in [4.69, 9.17) is 4.74 Å². The standard InChI is InChI=1S/C19H20FN5O2/c1-4-16-21-12(2)11-25(16)18-15(9-10-17(24-18)27-3)23-19(26)22-14-7-5-13(20)6-8-14/h5-11H,4H2,1-3H3,(H2,22,23,26). The first-order chi connectivity index (χ1) is 13.0. The van der Waals surface area contributed by atoms with Crippen LogP contribution in [0.4, 0.5) is 20.6 Å². The van der Waals surface area contributed by atoms with Crippen molar-refractivity contribution in [3.8, 4) is 11.7 Å². The molecule has 0 radical (unpaired) electrons. The van der Waals surface area contributed by atoms with E-state index in [2.05, 4.69) is 20.6 Å². The molecule has 140 valence electrons. The zero-order valence-electron chi connectivity index (χ0n) is 15.3. The summed E-state index contributed by atoms with van der Waals surface area (Å²) in [5.74, 6) is 1.37. The largest absolute Gasteiger partial charge is 0.481 e. The van der Waals surface area contributed by atoms with Gasteiger partial charge in [0.1, 0.15) is 11.6 Å². The summed E-state index contributed by atoms with van der Waals surface area (Å²) < 4.78 is 20.0. The number of hydrogen-bond acceptors (Lipinski definition) is 4. The minimum Gasteiger partial charge on any atom is -0.481 e. The van der Waals surface area contributed by atoms with Crippen molar-refractivity contribution in [1.82, 2.24) is 14.5 Å². The van der Waals surface area contributed by atoms with E-state index in [1.165, 1.54) is 31.4 Å². The Balaban J connectivity index is 1.90. The topological polar surface area (TPSA) is 81.1 Å². The van der Waals surface area contributed by atoms with Gasteiger partial charge in [-0.05, 0) is 37.3 Å². The minimum absolute atomic E-state index is 0.370. The number of hydrogen-bond donors (Lipinski definition) is 2. The van der Waals surface area contributed by atoms with Crippen molar-refractivity contribution in [2.75, 3.05) is 17.7 Å². The van der Waals surface area contributed by atoms with Crippen molar-refractivity contribution in [3.05, 3.63) is 59.9 Å². The molecule has 27 heavy (non-hydrogen) atoms. The van der Waals surface area contributed by atoms with Crippen molar-refractivity contribution >= 4 is 17.4 Å². The number of carbonyl (C=O) groups is 1. The summed E-state index contributed by atoms with van der Waals surface area (Å²) in [4.78, 5) is 21.3. The predicted molar refractivity (Wildman–Crippen MR) is 101 cm³/mol. The van der Waals surface area contributed by atoms with E-state index in [0.717, 1.165) is 11.5 Å². The van der Waals surface area contributed by atoms with Crippen molar-refractivity contribution in [1.29, 1.82) is 0 Å². The second-order valence-corrected chi connectivity index (χ2v) is 5.83. The number of pyridine rings is 1.